The van der Waals surface area contributed by atoms with Gasteiger partial charge in [-0.1, -0.05) is 6.08 Å². The molecule has 1 N–H and O–H groups in total. The van der Waals surface area contributed by atoms with Gasteiger partial charge in [-0.25, -0.2) is 0 Å². The van der Waals surface area contributed by atoms with Gasteiger partial charge in [-0.15, -0.1) is 6.58 Å². The van der Waals surface area contributed by atoms with Gasteiger partial charge in [0.05, 0.1) is 0 Å². The van der Waals surface area contributed by atoms with Crippen LogP contribution >= 0.6 is 11.8 Å². The predicted molar refractivity (Wildman–Crippen MR) is 53.3 cm³/mol. The molecule has 3 heteroatoms. The number of rotatable bonds is 4. The fourth-order valence-electron chi connectivity index (χ4n) is 1.18. The number of carbonyl (C=O) groups excluding carboxylic acids is 1. The normalized spacial score (nSPS) is 22.2. The van der Waals surface area contributed by atoms with Crippen LogP contribution in [0.25, 0.3) is 0 Å². The minimum atomic E-state index is 0.224. The molecular formula is C9H15NOS. The van der Waals surface area contributed by atoms with Crippen molar-refractivity contribution in [3.63, 3.8) is 0 Å². The molecule has 1 rings (SSSR count). The van der Waals surface area contributed by atoms with Gasteiger partial charge in [0.25, 0.3) is 0 Å². The Kier molecular flexibility index (Phi) is 4.22. The Hall–Kier alpha value is -0.440. The van der Waals surface area contributed by atoms with Crippen LogP contribution in [0.1, 0.15) is 12.8 Å². The van der Waals surface area contributed by atoms with Gasteiger partial charge in [-0.05, 0) is 18.6 Å². The quantitative estimate of drug-likeness (QED) is 0.530. The first-order valence-corrected chi connectivity index (χ1v) is 5.46. The van der Waals surface area contributed by atoms with E-state index in [0.717, 1.165) is 30.9 Å². The third-order valence-electron chi connectivity index (χ3n) is 1.95. The molecule has 68 valence electrons. The Morgan fingerprint density at radius 3 is 3.17 bits per heavy atom. The van der Waals surface area contributed by atoms with Crippen molar-refractivity contribution in [2.45, 2.75) is 12.8 Å². The highest BCUT2D eigenvalue weighted by atomic mass is 32.2. The summed E-state index contributed by atoms with van der Waals surface area (Å²) in [5, 5.41) is 2.90. The van der Waals surface area contributed by atoms with E-state index in [2.05, 4.69) is 11.9 Å². The molecule has 1 unspecified atom stereocenters. The summed E-state index contributed by atoms with van der Waals surface area (Å²) >= 11 is 1.87. The van der Waals surface area contributed by atoms with Crippen molar-refractivity contribution in [1.29, 1.82) is 0 Å². The van der Waals surface area contributed by atoms with Crippen molar-refractivity contribution < 1.29 is 4.79 Å². The molecule has 0 bridgehead atoms. The molecule has 0 aliphatic carbocycles. The maximum absolute atomic E-state index is 11.4. The van der Waals surface area contributed by atoms with Crippen LogP contribution < -0.4 is 5.32 Å². The summed E-state index contributed by atoms with van der Waals surface area (Å²) in [5.74, 6) is 2.63. The van der Waals surface area contributed by atoms with Crippen molar-refractivity contribution in [2.75, 3.05) is 18.1 Å². The van der Waals surface area contributed by atoms with Gasteiger partial charge in [0.15, 0.2) is 0 Å². The van der Waals surface area contributed by atoms with Gasteiger partial charge >= 0.3 is 0 Å². The lowest BCUT2D eigenvalue weighted by atomic mass is 10.1. The van der Waals surface area contributed by atoms with E-state index >= 15 is 0 Å². The summed E-state index contributed by atoms with van der Waals surface area (Å²) in [7, 11) is 0. The second kappa shape index (κ2) is 5.25. The highest BCUT2D eigenvalue weighted by Crippen LogP contribution is 2.23. The molecule has 1 aliphatic heterocycles. The lowest BCUT2D eigenvalue weighted by Gasteiger charge is -2.07. The maximum Gasteiger partial charge on any atom is 0.223 e. The molecule has 0 aromatic heterocycles. The van der Waals surface area contributed by atoms with Crippen molar-refractivity contribution in [3.05, 3.63) is 12.7 Å². The van der Waals surface area contributed by atoms with Crippen LogP contribution in [0.2, 0.25) is 0 Å². The average molecular weight is 185 g/mol. The van der Waals surface area contributed by atoms with Crippen molar-refractivity contribution in [3.8, 4) is 0 Å². The second-order valence-corrected chi connectivity index (χ2v) is 4.08. The van der Waals surface area contributed by atoms with Crippen LogP contribution in [0, 0.1) is 5.92 Å². The predicted octanol–water partition coefficient (Wildman–Crippen LogP) is 1.43. The van der Waals surface area contributed by atoms with E-state index in [1.807, 2.05) is 17.8 Å². The SMILES string of the molecule is C=CCCNC(=O)C1CCSC1. The number of carbonyl (C=O) groups is 1. The van der Waals surface area contributed by atoms with E-state index in [-0.39, 0.29) is 11.8 Å². The maximum atomic E-state index is 11.4. The molecule has 1 aliphatic rings. The van der Waals surface area contributed by atoms with Crippen LogP contribution in [-0.4, -0.2) is 24.0 Å². The van der Waals surface area contributed by atoms with Crippen LogP contribution in [0.4, 0.5) is 0 Å². The van der Waals surface area contributed by atoms with E-state index in [9.17, 15) is 4.79 Å². The molecule has 1 heterocycles. The Morgan fingerprint density at radius 1 is 1.75 bits per heavy atom. The molecule has 2 nitrogen and oxygen atoms in total. The third-order valence-corrected chi connectivity index (χ3v) is 3.11. The first kappa shape index (κ1) is 9.65. The van der Waals surface area contributed by atoms with Crippen molar-refractivity contribution >= 4 is 17.7 Å². The first-order valence-electron chi connectivity index (χ1n) is 4.31. The summed E-state index contributed by atoms with van der Waals surface area (Å²) in [5.41, 5.74) is 0. The van der Waals surface area contributed by atoms with Gasteiger partial charge in [-0.3, -0.25) is 4.79 Å². The molecule has 0 spiro atoms. The van der Waals surface area contributed by atoms with E-state index < -0.39 is 0 Å². The lowest BCUT2D eigenvalue weighted by Crippen LogP contribution is -2.31. The number of nitrogens with one attached hydrogen (secondary N) is 1. The zero-order chi connectivity index (χ0) is 8.81. The highest BCUT2D eigenvalue weighted by molar-refractivity contribution is 7.99. The monoisotopic (exact) mass is 185 g/mol. The van der Waals surface area contributed by atoms with Gasteiger partial charge in [-0.2, -0.15) is 11.8 Å². The Balaban J connectivity index is 2.14. The smallest absolute Gasteiger partial charge is 0.223 e. The van der Waals surface area contributed by atoms with Crippen LogP contribution in [0.5, 0.6) is 0 Å². The van der Waals surface area contributed by atoms with Crippen LogP contribution in [0.15, 0.2) is 12.7 Å². The largest absolute Gasteiger partial charge is 0.356 e. The zero-order valence-electron chi connectivity index (χ0n) is 7.21. The number of thioether (sulfide) groups is 1. The molecule has 0 saturated carbocycles. The Labute approximate surface area is 77.8 Å². The topological polar surface area (TPSA) is 29.1 Å². The third kappa shape index (κ3) is 2.89. The Morgan fingerprint density at radius 2 is 2.58 bits per heavy atom. The van der Waals surface area contributed by atoms with Gasteiger partial charge in [0.2, 0.25) is 5.91 Å². The number of hydrogen-bond donors (Lipinski definition) is 1. The average Bonchev–Trinajstić information content (AvgIpc) is 2.56. The van der Waals surface area contributed by atoms with E-state index in [1.165, 1.54) is 0 Å². The van der Waals surface area contributed by atoms with E-state index in [1.54, 1.807) is 0 Å². The van der Waals surface area contributed by atoms with Gasteiger partial charge in [0, 0.05) is 18.2 Å². The molecule has 1 amide bonds. The fourth-order valence-corrected chi connectivity index (χ4v) is 2.40. The van der Waals surface area contributed by atoms with E-state index in [4.69, 9.17) is 0 Å². The minimum absolute atomic E-state index is 0.224. The summed E-state index contributed by atoms with van der Waals surface area (Å²) in [6.45, 7) is 4.34. The summed E-state index contributed by atoms with van der Waals surface area (Å²) in [6, 6.07) is 0. The second-order valence-electron chi connectivity index (χ2n) is 2.93. The molecule has 0 radical (unpaired) electrons. The molecule has 0 aromatic rings. The van der Waals surface area contributed by atoms with Gasteiger partial charge in [0.1, 0.15) is 0 Å². The molecule has 1 fully saturated rings. The molecule has 0 aromatic carbocycles. The van der Waals surface area contributed by atoms with Crippen molar-refractivity contribution in [1.82, 2.24) is 5.32 Å². The highest BCUT2D eigenvalue weighted by Gasteiger charge is 2.22. The number of hydrogen-bond acceptors (Lipinski definition) is 2. The molecule has 1 atom stereocenters. The standard InChI is InChI=1S/C9H15NOS/c1-2-3-5-10-9(11)8-4-6-12-7-8/h2,8H,1,3-7H2,(H,10,11). The molecule has 12 heavy (non-hydrogen) atoms. The van der Waals surface area contributed by atoms with Crippen LogP contribution in [-0.2, 0) is 4.79 Å². The molecule has 1 saturated heterocycles. The number of amides is 1. The van der Waals surface area contributed by atoms with Crippen molar-refractivity contribution in [2.24, 2.45) is 5.92 Å². The molecular weight excluding hydrogens is 170 g/mol. The fraction of sp³-hybridized carbons (Fsp3) is 0.667. The summed E-state index contributed by atoms with van der Waals surface area (Å²) in [4.78, 5) is 11.4. The minimum Gasteiger partial charge on any atom is -0.356 e. The van der Waals surface area contributed by atoms with Crippen LogP contribution in [0.3, 0.4) is 0 Å². The summed E-state index contributed by atoms with van der Waals surface area (Å²) < 4.78 is 0. The first-order chi connectivity index (χ1) is 5.84. The summed E-state index contributed by atoms with van der Waals surface area (Å²) in [6.07, 6.45) is 3.74. The zero-order valence-corrected chi connectivity index (χ0v) is 8.03. The lowest BCUT2D eigenvalue weighted by molar-refractivity contribution is -0.124. The Bertz CT molecular complexity index is 164. The van der Waals surface area contributed by atoms with Gasteiger partial charge < -0.3 is 5.32 Å². The van der Waals surface area contributed by atoms with E-state index in [0.29, 0.717) is 0 Å².